The maximum atomic E-state index is 9.75. The summed E-state index contributed by atoms with van der Waals surface area (Å²) in [6, 6.07) is 32.6. The van der Waals surface area contributed by atoms with Crippen molar-refractivity contribution in [2.45, 2.75) is 26.2 Å². The molecule has 0 aliphatic rings. The molecular weight excluding hydrogens is 838 g/mol. The average molecular weight is 881 g/mol. The number of phenols is 8. The van der Waals surface area contributed by atoms with Crippen molar-refractivity contribution in [3.05, 3.63) is 166 Å². The molecule has 0 heterocycles. The molecule has 0 aliphatic carbocycles. The molecule has 15 heteroatoms. The summed E-state index contributed by atoms with van der Waals surface area (Å²) in [5.41, 5.74) is 5.71. The van der Waals surface area contributed by atoms with Crippen LogP contribution in [-0.4, -0.2) is 71.2 Å². The Morgan fingerprint density at radius 2 is 0.542 bits per heavy atom. The number of hydrogen-bond acceptors (Lipinski definition) is 12. The summed E-state index contributed by atoms with van der Waals surface area (Å²) in [4.78, 5) is 17.2. The Kier molecular flexibility index (Phi) is 19.9. The molecule has 0 aromatic heterocycles. The molecule has 6 aromatic rings. The van der Waals surface area contributed by atoms with Crippen LogP contribution in [0.3, 0.4) is 0 Å². The van der Waals surface area contributed by atoms with Gasteiger partial charge in [-0.1, -0.05) is 48.5 Å². The van der Waals surface area contributed by atoms with Crippen molar-refractivity contribution in [2.24, 2.45) is 20.0 Å². The Morgan fingerprint density at radius 3 is 0.763 bits per heavy atom. The van der Waals surface area contributed by atoms with E-state index in [2.05, 4.69) is 20.0 Å². The van der Waals surface area contributed by atoms with Crippen LogP contribution in [0.5, 0.6) is 46.0 Å². The van der Waals surface area contributed by atoms with Crippen molar-refractivity contribution in [3.8, 4) is 46.0 Å². The molecule has 10 N–H and O–H groups in total. The van der Waals surface area contributed by atoms with Gasteiger partial charge in [-0.3, -0.25) is 20.0 Å². The minimum Gasteiger partial charge on any atom is -0.508 e. The van der Waals surface area contributed by atoms with Crippen LogP contribution in [0, 0.1) is 0 Å². The molecule has 6 rings (SSSR count). The molecule has 2 radical (unpaired) electrons. The van der Waals surface area contributed by atoms with E-state index in [1.807, 2.05) is 48.5 Å². The van der Waals surface area contributed by atoms with Crippen LogP contribution < -0.4 is 0 Å². The van der Waals surface area contributed by atoms with Gasteiger partial charge in [0.05, 0.1) is 26.2 Å². The number of benzene rings is 6. The second kappa shape index (κ2) is 24.2. The summed E-state index contributed by atoms with van der Waals surface area (Å²) in [5, 5.41) is 76.9. The monoisotopic (exact) mass is 880 g/mol. The van der Waals surface area contributed by atoms with E-state index in [0.29, 0.717) is 48.4 Å². The van der Waals surface area contributed by atoms with Crippen LogP contribution in [-0.2, 0) is 60.3 Å². The third kappa shape index (κ3) is 15.7. The summed E-state index contributed by atoms with van der Waals surface area (Å²) in [7, 11) is 0. The van der Waals surface area contributed by atoms with Crippen LogP contribution in [0.2, 0.25) is 0 Å². The van der Waals surface area contributed by atoms with Crippen molar-refractivity contribution in [1.29, 1.82) is 0 Å². The van der Waals surface area contributed by atoms with Gasteiger partial charge in [-0.05, 0) is 95.1 Å². The molecule has 0 bridgehead atoms. The molecule has 0 saturated heterocycles. The van der Waals surface area contributed by atoms with E-state index in [0.717, 1.165) is 22.3 Å². The van der Waals surface area contributed by atoms with Gasteiger partial charge in [-0.25, -0.2) is 0 Å². The maximum Gasteiger partial charge on any atom is 0.124 e. The third-order valence-corrected chi connectivity index (χ3v) is 8.04. The van der Waals surface area contributed by atoms with Crippen LogP contribution in [0.1, 0.15) is 44.5 Å². The van der Waals surface area contributed by atoms with Gasteiger partial charge >= 0.3 is 0 Å². The minimum atomic E-state index is 0. The standard InChI is InChI=1S/2C22H20N2O4.2Mn.H2O/c2*25-19-4-6-21(27)17(9-19)13-23-11-15-2-1-3-16(8-15)12-24-14-18-10-20(26)5-7-22(18)28;;;/h2*1-10,13-14,25-28H,11-12H2;;;1H2. The Hall–Kier alpha value is -6.60. The zero-order chi connectivity index (χ0) is 39.9. The van der Waals surface area contributed by atoms with Crippen molar-refractivity contribution in [2.75, 3.05) is 0 Å². The molecule has 0 spiro atoms. The maximum absolute atomic E-state index is 9.75. The Labute approximate surface area is 361 Å². The fraction of sp³-hybridized carbons (Fsp3) is 0.0909. The van der Waals surface area contributed by atoms with Gasteiger partial charge in [0, 0.05) is 81.2 Å². The summed E-state index contributed by atoms with van der Waals surface area (Å²) < 4.78 is 0. The van der Waals surface area contributed by atoms with Gasteiger partial charge in [0.25, 0.3) is 0 Å². The molecule has 0 saturated carbocycles. The first kappa shape index (κ1) is 48.5. The predicted molar refractivity (Wildman–Crippen MR) is 221 cm³/mol. The van der Waals surface area contributed by atoms with Crippen molar-refractivity contribution < 1.29 is 80.5 Å². The van der Waals surface area contributed by atoms with Crippen LogP contribution in [0.15, 0.2) is 141 Å². The summed E-state index contributed by atoms with van der Waals surface area (Å²) >= 11 is 0. The zero-order valence-corrected chi connectivity index (χ0v) is 33.7. The van der Waals surface area contributed by atoms with Gasteiger partial charge in [0.15, 0.2) is 0 Å². The number of rotatable bonds is 12. The second-order valence-corrected chi connectivity index (χ2v) is 12.5. The van der Waals surface area contributed by atoms with E-state index < -0.39 is 0 Å². The van der Waals surface area contributed by atoms with E-state index in [-0.39, 0.29) is 85.6 Å². The number of phenolic OH excluding ortho intramolecular Hbond substituents is 8. The van der Waals surface area contributed by atoms with Crippen molar-refractivity contribution in [1.82, 2.24) is 0 Å². The molecule has 0 unspecified atom stereocenters. The Bertz CT molecular complexity index is 2080. The smallest absolute Gasteiger partial charge is 0.124 e. The van der Waals surface area contributed by atoms with Gasteiger partial charge < -0.3 is 46.3 Å². The van der Waals surface area contributed by atoms with Crippen molar-refractivity contribution >= 4 is 24.9 Å². The fourth-order valence-electron chi connectivity index (χ4n) is 5.23. The van der Waals surface area contributed by atoms with Gasteiger partial charge in [0.2, 0.25) is 0 Å². The fourth-order valence-corrected chi connectivity index (χ4v) is 5.23. The molecule has 0 atom stereocenters. The summed E-state index contributed by atoms with van der Waals surface area (Å²) in [6.07, 6.45) is 6.07. The molecule has 6 aromatic carbocycles. The number of hydrogen-bond donors (Lipinski definition) is 8. The van der Waals surface area contributed by atoms with Gasteiger partial charge in [0.1, 0.15) is 46.0 Å². The predicted octanol–water partition coefficient (Wildman–Crippen LogP) is 6.66. The third-order valence-electron chi connectivity index (χ3n) is 8.04. The van der Waals surface area contributed by atoms with E-state index in [4.69, 9.17) is 0 Å². The SMILES string of the molecule is O.Oc1ccc(O)c(C=NCc2cccc(CN=Cc3cc(O)ccc3O)c2)c1.Oc1ccc(O)c(C=NCc2cccc(CN=Cc3cc(O)ccc3O)c2)c1.[Mn].[Mn]. The first-order valence-electron chi connectivity index (χ1n) is 17.3. The topological polar surface area (TPSA) is 243 Å². The number of aromatic hydroxyl groups is 8. The first-order chi connectivity index (χ1) is 27.0. The van der Waals surface area contributed by atoms with Gasteiger partial charge in [-0.2, -0.15) is 0 Å². The molecular formula is C44H42Mn2N4O9. The molecule has 13 nitrogen and oxygen atoms in total. The van der Waals surface area contributed by atoms with Crippen LogP contribution in [0.25, 0.3) is 0 Å². The van der Waals surface area contributed by atoms with E-state index in [1.54, 1.807) is 0 Å². The van der Waals surface area contributed by atoms with E-state index >= 15 is 0 Å². The largest absolute Gasteiger partial charge is 0.508 e. The summed E-state index contributed by atoms with van der Waals surface area (Å²) in [5.74, 6) is 0.488. The average Bonchev–Trinajstić information content (AvgIpc) is 3.18. The summed E-state index contributed by atoms with van der Waals surface area (Å²) in [6.45, 7) is 1.67. The van der Waals surface area contributed by atoms with Crippen LogP contribution >= 0.6 is 0 Å². The molecule has 0 fully saturated rings. The zero-order valence-electron chi connectivity index (χ0n) is 31.3. The van der Waals surface area contributed by atoms with E-state index in [1.165, 1.54) is 97.7 Å². The molecule has 0 aliphatic heterocycles. The second-order valence-electron chi connectivity index (χ2n) is 12.5. The molecule has 0 amide bonds. The van der Waals surface area contributed by atoms with Crippen LogP contribution in [0.4, 0.5) is 0 Å². The molecule has 306 valence electrons. The molecule has 59 heavy (non-hydrogen) atoms. The Balaban J connectivity index is 0.000000387. The van der Waals surface area contributed by atoms with Gasteiger partial charge in [-0.15, -0.1) is 0 Å². The number of aliphatic imine (C=N–C) groups is 4. The Morgan fingerprint density at radius 1 is 0.322 bits per heavy atom. The normalized spacial score (nSPS) is 10.8. The first-order valence-corrected chi connectivity index (χ1v) is 17.3. The minimum absolute atomic E-state index is 0. The van der Waals surface area contributed by atoms with Crippen molar-refractivity contribution in [3.63, 3.8) is 0 Å². The quantitative estimate of drug-likeness (QED) is 0.0374. The number of nitrogens with zero attached hydrogens (tertiary/aromatic N) is 4. The van der Waals surface area contributed by atoms with E-state index in [9.17, 15) is 40.9 Å².